The highest BCUT2D eigenvalue weighted by Gasteiger charge is 2.47. The molecule has 1 fully saturated rings. The number of carbonyl (C=O) groups is 1. The lowest BCUT2D eigenvalue weighted by Gasteiger charge is -2.27. The number of alkyl halides is 1. The number of fused-ring (bicyclic) bond motifs is 2. The molecule has 2 aliphatic carbocycles. The standard InChI is InChI=1S/C18H22BrNO2/c19-10-16-13-6-7-14(9-13)17(16)18(22)20-15(11-21)8-12-4-2-1-3-5-12/h1-7,13-17,21H,8-11H2,(H,20,22)/t13-,14+,15-,16-,17+/m0/s1. The van der Waals surface area contributed by atoms with Crippen LogP contribution in [0, 0.1) is 23.7 Å². The van der Waals surface area contributed by atoms with E-state index in [-0.39, 0.29) is 24.5 Å². The highest BCUT2D eigenvalue weighted by molar-refractivity contribution is 9.09. The molecule has 5 atom stereocenters. The molecule has 4 heteroatoms. The molecule has 1 saturated carbocycles. The predicted octanol–water partition coefficient (Wildman–Crippen LogP) is 2.54. The smallest absolute Gasteiger partial charge is 0.224 e. The minimum Gasteiger partial charge on any atom is -0.394 e. The summed E-state index contributed by atoms with van der Waals surface area (Å²) in [6.45, 7) is -0.0315. The van der Waals surface area contributed by atoms with E-state index in [2.05, 4.69) is 33.4 Å². The Morgan fingerprint density at radius 3 is 2.68 bits per heavy atom. The number of nitrogens with one attached hydrogen (secondary N) is 1. The van der Waals surface area contributed by atoms with Gasteiger partial charge in [0.05, 0.1) is 12.6 Å². The van der Waals surface area contributed by atoms with Crippen LogP contribution in [-0.4, -0.2) is 29.0 Å². The summed E-state index contributed by atoms with van der Waals surface area (Å²) >= 11 is 3.56. The van der Waals surface area contributed by atoms with Gasteiger partial charge in [-0.05, 0) is 36.2 Å². The number of allylic oxidation sites excluding steroid dienone is 2. The molecule has 1 aromatic carbocycles. The van der Waals surface area contributed by atoms with Gasteiger partial charge in [-0.25, -0.2) is 0 Å². The van der Waals surface area contributed by atoms with Gasteiger partial charge in [0.1, 0.15) is 0 Å². The van der Waals surface area contributed by atoms with E-state index in [0.717, 1.165) is 17.3 Å². The first-order valence-electron chi connectivity index (χ1n) is 7.92. The molecule has 3 nitrogen and oxygen atoms in total. The molecule has 2 aliphatic rings. The molecule has 3 rings (SSSR count). The van der Waals surface area contributed by atoms with Gasteiger partial charge in [-0.3, -0.25) is 4.79 Å². The molecule has 0 unspecified atom stereocenters. The molecule has 0 heterocycles. The fraction of sp³-hybridized carbons (Fsp3) is 0.500. The Hall–Kier alpha value is -1.13. The van der Waals surface area contributed by atoms with Crippen molar-refractivity contribution in [2.75, 3.05) is 11.9 Å². The summed E-state index contributed by atoms with van der Waals surface area (Å²) in [5.74, 6) is 1.41. The number of benzene rings is 1. The molecular formula is C18H22BrNO2. The van der Waals surface area contributed by atoms with Gasteiger partial charge in [-0.15, -0.1) is 0 Å². The monoisotopic (exact) mass is 363 g/mol. The highest BCUT2D eigenvalue weighted by atomic mass is 79.9. The van der Waals surface area contributed by atoms with Crippen LogP contribution in [0.15, 0.2) is 42.5 Å². The lowest BCUT2D eigenvalue weighted by Crippen LogP contribution is -2.45. The van der Waals surface area contributed by atoms with E-state index in [1.807, 2.05) is 30.3 Å². The molecule has 2 bridgehead atoms. The summed E-state index contributed by atoms with van der Waals surface area (Å²) in [6.07, 6.45) is 6.21. The van der Waals surface area contributed by atoms with Crippen LogP contribution in [0.2, 0.25) is 0 Å². The molecule has 22 heavy (non-hydrogen) atoms. The Morgan fingerprint density at radius 1 is 1.27 bits per heavy atom. The Morgan fingerprint density at radius 2 is 2.00 bits per heavy atom. The van der Waals surface area contributed by atoms with E-state index in [1.165, 1.54) is 0 Å². The molecule has 1 aromatic rings. The van der Waals surface area contributed by atoms with E-state index in [1.54, 1.807) is 0 Å². The van der Waals surface area contributed by atoms with Crippen molar-refractivity contribution < 1.29 is 9.90 Å². The molecule has 2 N–H and O–H groups in total. The normalized spacial score (nSPS) is 30.5. The average molecular weight is 364 g/mol. The maximum absolute atomic E-state index is 12.7. The van der Waals surface area contributed by atoms with Crippen molar-refractivity contribution in [2.45, 2.75) is 18.9 Å². The number of carbonyl (C=O) groups excluding carboxylic acids is 1. The maximum atomic E-state index is 12.7. The number of hydrogen-bond acceptors (Lipinski definition) is 2. The van der Waals surface area contributed by atoms with Crippen molar-refractivity contribution in [3.63, 3.8) is 0 Å². The molecule has 0 aliphatic heterocycles. The zero-order valence-corrected chi connectivity index (χ0v) is 14.1. The van der Waals surface area contributed by atoms with Crippen LogP contribution in [0.1, 0.15) is 12.0 Å². The van der Waals surface area contributed by atoms with Gasteiger partial charge in [0, 0.05) is 11.2 Å². The van der Waals surface area contributed by atoms with E-state index >= 15 is 0 Å². The topological polar surface area (TPSA) is 49.3 Å². The fourth-order valence-electron chi connectivity index (χ4n) is 3.88. The number of rotatable bonds is 6. The van der Waals surface area contributed by atoms with Gasteiger partial charge in [0.2, 0.25) is 5.91 Å². The third kappa shape index (κ3) is 3.13. The Bertz CT molecular complexity index is 545. The van der Waals surface area contributed by atoms with Crippen LogP contribution < -0.4 is 5.32 Å². The molecule has 118 valence electrons. The SMILES string of the molecule is O=C(N[C@H](CO)Cc1ccccc1)[C@H]1[C@@H](CBr)[C@H]2C=C[C@@H]1C2. The number of aliphatic hydroxyl groups is 1. The minimum absolute atomic E-state index is 0.0315. The first kappa shape index (κ1) is 15.8. The first-order valence-corrected chi connectivity index (χ1v) is 9.04. The van der Waals surface area contributed by atoms with Gasteiger partial charge in [-0.2, -0.15) is 0 Å². The van der Waals surface area contributed by atoms with Gasteiger partial charge in [0.15, 0.2) is 0 Å². The maximum Gasteiger partial charge on any atom is 0.224 e. The molecule has 1 amide bonds. The van der Waals surface area contributed by atoms with Gasteiger partial charge < -0.3 is 10.4 Å². The molecule has 0 saturated heterocycles. The lowest BCUT2D eigenvalue weighted by molar-refractivity contribution is -0.128. The quantitative estimate of drug-likeness (QED) is 0.602. The summed E-state index contributed by atoms with van der Waals surface area (Å²) in [7, 11) is 0. The summed E-state index contributed by atoms with van der Waals surface area (Å²) in [4.78, 5) is 12.7. The van der Waals surface area contributed by atoms with E-state index in [0.29, 0.717) is 24.2 Å². The third-order valence-corrected chi connectivity index (χ3v) is 5.74. The molecule has 0 aromatic heterocycles. The molecular weight excluding hydrogens is 342 g/mol. The van der Waals surface area contributed by atoms with Gasteiger partial charge in [-0.1, -0.05) is 58.4 Å². The van der Waals surface area contributed by atoms with Crippen molar-refractivity contribution in [3.05, 3.63) is 48.0 Å². The van der Waals surface area contributed by atoms with E-state index < -0.39 is 0 Å². The number of hydrogen-bond donors (Lipinski definition) is 2. The van der Waals surface area contributed by atoms with E-state index in [9.17, 15) is 9.90 Å². The second-order valence-electron chi connectivity index (χ2n) is 6.37. The fourth-order valence-corrected chi connectivity index (χ4v) is 4.76. The van der Waals surface area contributed by atoms with Crippen LogP contribution in [-0.2, 0) is 11.2 Å². The second-order valence-corrected chi connectivity index (χ2v) is 7.02. The first-order chi connectivity index (χ1) is 10.7. The summed E-state index contributed by atoms with van der Waals surface area (Å²) in [6, 6.07) is 9.76. The van der Waals surface area contributed by atoms with Crippen molar-refractivity contribution in [1.29, 1.82) is 0 Å². The van der Waals surface area contributed by atoms with Gasteiger partial charge >= 0.3 is 0 Å². The number of aliphatic hydroxyl groups excluding tert-OH is 1. The predicted molar refractivity (Wildman–Crippen MR) is 90.7 cm³/mol. The second kappa shape index (κ2) is 6.97. The summed E-state index contributed by atoms with van der Waals surface area (Å²) in [5.41, 5.74) is 1.13. The number of amides is 1. The molecule has 0 radical (unpaired) electrons. The molecule has 0 spiro atoms. The largest absolute Gasteiger partial charge is 0.394 e. The minimum atomic E-state index is -0.214. The van der Waals surface area contributed by atoms with Crippen molar-refractivity contribution in [3.8, 4) is 0 Å². The zero-order valence-electron chi connectivity index (χ0n) is 12.5. The van der Waals surface area contributed by atoms with Crippen molar-refractivity contribution >= 4 is 21.8 Å². The number of halogens is 1. The average Bonchev–Trinajstić information content (AvgIpc) is 3.15. The Labute approximate surface area is 139 Å². The van der Waals surface area contributed by atoms with Crippen LogP contribution >= 0.6 is 15.9 Å². The lowest BCUT2D eigenvalue weighted by atomic mass is 9.83. The van der Waals surface area contributed by atoms with Crippen LogP contribution in [0.5, 0.6) is 0 Å². The summed E-state index contributed by atoms with van der Waals surface area (Å²) in [5, 5.41) is 13.5. The third-order valence-electron chi connectivity index (χ3n) is 4.99. The van der Waals surface area contributed by atoms with Crippen LogP contribution in [0.25, 0.3) is 0 Å². The van der Waals surface area contributed by atoms with Crippen molar-refractivity contribution in [1.82, 2.24) is 5.32 Å². The summed E-state index contributed by atoms with van der Waals surface area (Å²) < 4.78 is 0. The van der Waals surface area contributed by atoms with Crippen molar-refractivity contribution in [2.24, 2.45) is 23.7 Å². The highest BCUT2D eigenvalue weighted by Crippen LogP contribution is 2.48. The van der Waals surface area contributed by atoms with Crippen LogP contribution in [0.3, 0.4) is 0 Å². The zero-order chi connectivity index (χ0) is 15.5. The van der Waals surface area contributed by atoms with Crippen LogP contribution in [0.4, 0.5) is 0 Å². The Balaban J connectivity index is 1.64. The van der Waals surface area contributed by atoms with E-state index in [4.69, 9.17) is 0 Å². The Kier molecular flexibility index (Phi) is 4.99. The van der Waals surface area contributed by atoms with Gasteiger partial charge in [0.25, 0.3) is 0 Å².